The first-order valence-electron chi connectivity index (χ1n) is 10.9. The number of fused-ring (bicyclic) bond motifs is 1. The average Bonchev–Trinajstić information content (AvgIpc) is 2.85. The lowest BCUT2D eigenvalue weighted by atomic mass is 10.2. The molecule has 0 fully saturated rings. The number of rotatable bonds is 8. The minimum Gasteiger partial charge on any atom is -0.495 e. The molecule has 0 saturated heterocycles. The third kappa shape index (κ3) is 5.36. The van der Waals surface area contributed by atoms with Crippen LogP contribution in [0.1, 0.15) is 12.2 Å². The maximum atomic E-state index is 13.2. The number of halogens is 1. The third-order valence-electron chi connectivity index (χ3n) is 5.54. The van der Waals surface area contributed by atoms with Gasteiger partial charge in [-0.2, -0.15) is 4.98 Å². The highest BCUT2D eigenvalue weighted by Crippen LogP contribution is 2.30. The van der Waals surface area contributed by atoms with Gasteiger partial charge in [-0.15, -0.1) is 0 Å². The second kappa shape index (κ2) is 10.2. The van der Waals surface area contributed by atoms with Gasteiger partial charge in [0.15, 0.2) is 0 Å². The predicted molar refractivity (Wildman–Crippen MR) is 134 cm³/mol. The molecule has 3 aromatic carbocycles. The Kier molecular flexibility index (Phi) is 7.02. The molecule has 0 aliphatic rings. The van der Waals surface area contributed by atoms with E-state index in [0.29, 0.717) is 16.9 Å². The molecule has 186 valence electrons. The van der Waals surface area contributed by atoms with Gasteiger partial charge in [-0.25, -0.2) is 12.8 Å². The molecular weight excluding hydrogens is 487 g/mol. The number of hydrogen-bond acceptors (Lipinski definition) is 6. The van der Waals surface area contributed by atoms with Crippen LogP contribution < -0.4 is 20.3 Å². The van der Waals surface area contributed by atoms with Crippen LogP contribution in [0.15, 0.2) is 76.4 Å². The number of nitrogens with zero attached hydrogens (tertiary/aromatic N) is 2. The van der Waals surface area contributed by atoms with E-state index in [1.807, 2.05) is 12.1 Å². The topological polar surface area (TPSA) is 119 Å². The van der Waals surface area contributed by atoms with Crippen molar-refractivity contribution in [3.8, 4) is 5.75 Å². The molecule has 0 bridgehead atoms. The number of aryl methyl sites for hydroxylation is 2. The van der Waals surface area contributed by atoms with Gasteiger partial charge in [-0.1, -0.05) is 12.1 Å². The fraction of sp³-hybridized carbons (Fsp3) is 0.160. The SMILES string of the molecule is COc1ccc(NC(=O)CCc2nc(=O)c3ccccc3n2C)cc1NS(=O)(=O)c1ccc(F)cc1. The van der Waals surface area contributed by atoms with E-state index in [1.165, 1.54) is 19.2 Å². The zero-order valence-electron chi connectivity index (χ0n) is 19.5. The minimum atomic E-state index is -4.03. The fourth-order valence-corrected chi connectivity index (χ4v) is 4.76. The molecule has 1 amide bonds. The Balaban J connectivity index is 1.49. The normalized spacial score (nSPS) is 11.3. The first-order valence-corrected chi connectivity index (χ1v) is 12.4. The van der Waals surface area contributed by atoms with Gasteiger partial charge >= 0.3 is 0 Å². The van der Waals surface area contributed by atoms with Crippen LogP contribution in [0.5, 0.6) is 5.75 Å². The van der Waals surface area contributed by atoms with Crippen molar-refractivity contribution in [1.82, 2.24) is 9.55 Å². The van der Waals surface area contributed by atoms with Crippen LogP contribution >= 0.6 is 0 Å². The van der Waals surface area contributed by atoms with Crippen molar-refractivity contribution >= 4 is 38.2 Å². The van der Waals surface area contributed by atoms with E-state index < -0.39 is 15.8 Å². The van der Waals surface area contributed by atoms with E-state index in [-0.39, 0.29) is 40.6 Å². The molecule has 11 heteroatoms. The van der Waals surface area contributed by atoms with Crippen LogP contribution in [0.25, 0.3) is 10.9 Å². The number of carbonyl (C=O) groups is 1. The Morgan fingerprint density at radius 3 is 2.53 bits per heavy atom. The highest BCUT2D eigenvalue weighted by molar-refractivity contribution is 7.92. The van der Waals surface area contributed by atoms with Gasteiger partial charge < -0.3 is 14.6 Å². The molecule has 0 saturated carbocycles. The molecule has 1 aromatic heterocycles. The predicted octanol–water partition coefficient (Wildman–Crippen LogP) is 3.45. The van der Waals surface area contributed by atoms with Crippen molar-refractivity contribution in [3.05, 3.63) is 88.7 Å². The minimum absolute atomic E-state index is 0.0429. The van der Waals surface area contributed by atoms with Gasteiger partial charge in [0.25, 0.3) is 15.6 Å². The number of ether oxygens (including phenoxy) is 1. The summed E-state index contributed by atoms with van der Waals surface area (Å²) >= 11 is 0. The first-order chi connectivity index (χ1) is 17.2. The summed E-state index contributed by atoms with van der Waals surface area (Å²) in [5, 5.41) is 3.22. The van der Waals surface area contributed by atoms with E-state index in [9.17, 15) is 22.4 Å². The quantitative estimate of drug-likeness (QED) is 0.375. The van der Waals surface area contributed by atoms with E-state index >= 15 is 0 Å². The molecule has 1 heterocycles. The van der Waals surface area contributed by atoms with Crippen LogP contribution in [0.3, 0.4) is 0 Å². The van der Waals surface area contributed by atoms with Gasteiger partial charge in [0.1, 0.15) is 17.4 Å². The largest absolute Gasteiger partial charge is 0.495 e. The second-order valence-electron chi connectivity index (χ2n) is 7.93. The Morgan fingerprint density at radius 2 is 1.81 bits per heavy atom. The molecule has 0 aliphatic heterocycles. The number of methoxy groups -OCH3 is 1. The molecule has 0 aliphatic carbocycles. The van der Waals surface area contributed by atoms with Crippen molar-refractivity contribution in [2.45, 2.75) is 17.7 Å². The molecule has 0 radical (unpaired) electrons. The number of benzene rings is 3. The number of amides is 1. The van der Waals surface area contributed by atoms with Crippen LogP contribution in [-0.4, -0.2) is 31.0 Å². The summed E-state index contributed by atoms with van der Waals surface area (Å²) in [6.45, 7) is 0. The summed E-state index contributed by atoms with van der Waals surface area (Å²) in [5.41, 5.74) is 0.796. The highest BCUT2D eigenvalue weighted by atomic mass is 32.2. The summed E-state index contributed by atoms with van der Waals surface area (Å²) in [6, 6.07) is 16.0. The van der Waals surface area contributed by atoms with Crippen LogP contribution in [-0.2, 0) is 28.3 Å². The molecule has 36 heavy (non-hydrogen) atoms. The van der Waals surface area contributed by atoms with E-state index in [4.69, 9.17) is 4.74 Å². The maximum Gasteiger partial charge on any atom is 0.280 e. The zero-order chi connectivity index (χ0) is 25.9. The first kappa shape index (κ1) is 24.9. The Labute approximate surface area is 206 Å². The number of hydrogen-bond donors (Lipinski definition) is 2. The molecule has 0 unspecified atom stereocenters. The standard InChI is InChI=1S/C25H23FN4O5S/c1-30-21-6-4-3-5-19(21)25(32)28-23(30)13-14-24(31)27-17-9-12-22(35-2)20(15-17)29-36(33,34)18-10-7-16(26)8-11-18/h3-12,15,29H,13-14H2,1-2H3,(H,27,31). The Bertz CT molecular complexity index is 1600. The number of nitrogens with one attached hydrogen (secondary N) is 2. The number of carbonyl (C=O) groups excluding carboxylic acids is 1. The van der Waals surface area contributed by atoms with Gasteiger partial charge in [-0.3, -0.25) is 14.3 Å². The summed E-state index contributed by atoms with van der Waals surface area (Å²) in [5.74, 6) is -0.213. The van der Waals surface area contributed by atoms with Gasteiger partial charge in [0, 0.05) is 25.6 Å². The summed E-state index contributed by atoms with van der Waals surface area (Å²) < 4.78 is 48.0. The Morgan fingerprint density at radius 1 is 1.08 bits per heavy atom. The maximum absolute atomic E-state index is 13.2. The lowest BCUT2D eigenvalue weighted by Crippen LogP contribution is -2.20. The lowest BCUT2D eigenvalue weighted by Gasteiger charge is -2.14. The molecule has 4 rings (SSSR count). The lowest BCUT2D eigenvalue weighted by molar-refractivity contribution is -0.116. The summed E-state index contributed by atoms with van der Waals surface area (Å²) in [4.78, 5) is 28.9. The molecule has 9 nitrogen and oxygen atoms in total. The van der Waals surface area contributed by atoms with Gasteiger partial charge in [0.2, 0.25) is 5.91 Å². The monoisotopic (exact) mass is 510 g/mol. The number of anilines is 2. The number of sulfonamides is 1. The van der Waals surface area contributed by atoms with Crippen LogP contribution in [0.4, 0.5) is 15.8 Å². The second-order valence-corrected chi connectivity index (χ2v) is 9.61. The highest BCUT2D eigenvalue weighted by Gasteiger charge is 2.18. The summed E-state index contributed by atoms with van der Waals surface area (Å²) in [7, 11) is -0.869. The van der Waals surface area contributed by atoms with Crippen molar-refractivity contribution < 1.29 is 22.3 Å². The summed E-state index contributed by atoms with van der Waals surface area (Å²) in [6.07, 6.45) is 0.268. The molecule has 0 atom stereocenters. The van der Waals surface area contributed by atoms with Crippen molar-refractivity contribution in [3.63, 3.8) is 0 Å². The molecular formula is C25H23FN4O5S. The van der Waals surface area contributed by atoms with E-state index in [2.05, 4.69) is 15.0 Å². The number of aromatic nitrogens is 2. The Hall–Kier alpha value is -4.25. The zero-order valence-corrected chi connectivity index (χ0v) is 20.3. The average molecular weight is 511 g/mol. The van der Waals surface area contributed by atoms with E-state index in [1.54, 1.807) is 29.8 Å². The van der Waals surface area contributed by atoms with Gasteiger partial charge in [0.05, 0.1) is 28.6 Å². The van der Waals surface area contributed by atoms with E-state index in [0.717, 1.165) is 29.8 Å². The van der Waals surface area contributed by atoms with Crippen molar-refractivity contribution in [2.75, 3.05) is 17.1 Å². The number of para-hydroxylation sites is 1. The van der Waals surface area contributed by atoms with Crippen molar-refractivity contribution in [2.24, 2.45) is 7.05 Å². The molecule has 0 spiro atoms. The fourth-order valence-electron chi connectivity index (χ4n) is 3.69. The molecule has 2 N–H and O–H groups in total. The molecule has 4 aromatic rings. The van der Waals surface area contributed by atoms with Crippen LogP contribution in [0.2, 0.25) is 0 Å². The van der Waals surface area contributed by atoms with Crippen LogP contribution in [0, 0.1) is 5.82 Å². The van der Waals surface area contributed by atoms with Crippen molar-refractivity contribution in [1.29, 1.82) is 0 Å². The third-order valence-corrected chi connectivity index (χ3v) is 6.92. The van der Waals surface area contributed by atoms with Gasteiger partial charge in [-0.05, 0) is 54.6 Å². The smallest absolute Gasteiger partial charge is 0.280 e.